The number of nitrogens with zero attached hydrogens (tertiary/aromatic N) is 1. The highest BCUT2D eigenvalue weighted by molar-refractivity contribution is 7.80. The van der Waals surface area contributed by atoms with Gasteiger partial charge in [0.05, 0.1) is 12.1 Å². The van der Waals surface area contributed by atoms with Crippen molar-refractivity contribution in [2.45, 2.75) is 6.54 Å². The fourth-order valence-electron chi connectivity index (χ4n) is 2.71. The average molecular weight is 384 g/mol. The number of carboxylic acid groups (broad SMARTS) is 1. The van der Waals surface area contributed by atoms with Crippen molar-refractivity contribution in [2.75, 3.05) is 4.31 Å². The number of rotatable bonds is 6. The van der Waals surface area contributed by atoms with Crippen LogP contribution in [0, 0.1) is 5.82 Å². The van der Waals surface area contributed by atoms with Crippen LogP contribution in [0.15, 0.2) is 72.8 Å². The molecule has 3 aromatic carbocycles. The fourth-order valence-corrected chi connectivity index (χ4v) is 3.26. The summed E-state index contributed by atoms with van der Waals surface area (Å²) >= 11 is -2.62. The molecule has 3 rings (SSSR count). The van der Waals surface area contributed by atoms with E-state index in [0.29, 0.717) is 5.69 Å². The summed E-state index contributed by atoms with van der Waals surface area (Å²) in [5.74, 6) is -2.02. The van der Waals surface area contributed by atoms with Crippen LogP contribution in [-0.2, 0) is 17.8 Å². The summed E-state index contributed by atoms with van der Waals surface area (Å²) < 4.78 is 38.0. The second-order valence-corrected chi connectivity index (χ2v) is 6.69. The van der Waals surface area contributed by atoms with Crippen molar-refractivity contribution in [3.05, 3.63) is 89.7 Å². The quantitative estimate of drug-likeness (QED) is 0.652. The van der Waals surface area contributed by atoms with Crippen molar-refractivity contribution in [1.29, 1.82) is 0 Å². The maximum Gasteiger partial charge on any atom is 0.335 e. The molecule has 1 unspecified atom stereocenters. The van der Waals surface area contributed by atoms with Gasteiger partial charge in [0.1, 0.15) is 5.82 Å². The molecule has 1 N–H and O–H groups in total. The van der Waals surface area contributed by atoms with Gasteiger partial charge in [0.2, 0.25) is 0 Å². The predicted octanol–water partition coefficient (Wildman–Crippen LogP) is 3.99. The van der Waals surface area contributed by atoms with E-state index in [4.69, 9.17) is 5.11 Å². The lowest BCUT2D eigenvalue weighted by atomic mass is 10.1. The number of carboxylic acids is 1. The monoisotopic (exact) mass is 384 g/mol. The van der Waals surface area contributed by atoms with E-state index in [1.54, 1.807) is 24.3 Å². The minimum absolute atomic E-state index is 0.182. The van der Waals surface area contributed by atoms with Gasteiger partial charge >= 0.3 is 5.97 Å². The standard InChI is InChI=1S/C20H16FNO4S/c21-18-11-14(10-17(12-18)20(23)24)13-22(27(25)26)19-8-6-16(7-9-19)15-4-2-1-3-5-15/h1-12H,13H2,(H,23,24)(H,25,26)/p-1. The van der Waals surface area contributed by atoms with Crippen molar-refractivity contribution >= 4 is 22.9 Å². The van der Waals surface area contributed by atoms with Gasteiger partial charge in [-0.15, -0.1) is 0 Å². The Morgan fingerprint density at radius 1 is 1.00 bits per heavy atom. The fraction of sp³-hybridized carbons (Fsp3) is 0.0500. The van der Waals surface area contributed by atoms with Crippen LogP contribution in [0.25, 0.3) is 11.1 Å². The van der Waals surface area contributed by atoms with Gasteiger partial charge in [-0.2, -0.15) is 0 Å². The van der Waals surface area contributed by atoms with Gasteiger partial charge in [-0.05, 0) is 47.0 Å². The van der Waals surface area contributed by atoms with Gasteiger partial charge in [-0.1, -0.05) is 42.5 Å². The number of anilines is 1. The molecule has 0 saturated carbocycles. The molecule has 0 saturated heterocycles. The first-order valence-corrected chi connectivity index (χ1v) is 9.02. The Labute approximate surface area is 158 Å². The highest BCUT2D eigenvalue weighted by atomic mass is 32.2. The van der Waals surface area contributed by atoms with Crippen LogP contribution in [0.3, 0.4) is 0 Å². The Morgan fingerprint density at radius 2 is 1.63 bits per heavy atom. The number of benzene rings is 3. The zero-order valence-corrected chi connectivity index (χ0v) is 14.9. The van der Waals surface area contributed by atoms with Gasteiger partial charge < -0.3 is 9.66 Å². The van der Waals surface area contributed by atoms with Crippen LogP contribution >= 0.6 is 0 Å². The second-order valence-electron chi connectivity index (χ2n) is 5.82. The third-order valence-electron chi connectivity index (χ3n) is 3.97. The highest BCUT2D eigenvalue weighted by Gasteiger charge is 2.12. The molecule has 138 valence electrons. The van der Waals surface area contributed by atoms with E-state index in [2.05, 4.69) is 0 Å². The Balaban J connectivity index is 1.88. The number of hydrogen-bond acceptors (Lipinski definition) is 3. The topological polar surface area (TPSA) is 80.7 Å². The molecule has 0 heterocycles. The zero-order valence-electron chi connectivity index (χ0n) is 14.0. The molecular weight excluding hydrogens is 369 g/mol. The largest absolute Gasteiger partial charge is 0.755 e. The van der Waals surface area contributed by atoms with E-state index in [9.17, 15) is 17.9 Å². The van der Waals surface area contributed by atoms with Crippen LogP contribution in [0.1, 0.15) is 15.9 Å². The highest BCUT2D eigenvalue weighted by Crippen LogP contribution is 2.25. The molecule has 7 heteroatoms. The summed E-state index contributed by atoms with van der Waals surface area (Å²) in [4.78, 5) is 11.1. The van der Waals surface area contributed by atoms with Crippen LogP contribution in [-0.4, -0.2) is 19.8 Å². The van der Waals surface area contributed by atoms with Gasteiger partial charge in [0, 0.05) is 17.0 Å². The average Bonchev–Trinajstić information content (AvgIpc) is 2.66. The van der Waals surface area contributed by atoms with E-state index >= 15 is 0 Å². The van der Waals surface area contributed by atoms with Crippen LogP contribution < -0.4 is 4.31 Å². The minimum atomic E-state index is -2.62. The minimum Gasteiger partial charge on any atom is -0.755 e. The summed E-state index contributed by atoms with van der Waals surface area (Å²) in [7, 11) is 0. The second kappa shape index (κ2) is 8.11. The Bertz CT molecular complexity index is 977. The summed E-state index contributed by atoms with van der Waals surface area (Å²) in [6.07, 6.45) is 0. The molecule has 0 amide bonds. The van der Waals surface area contributed by atoms with Crippen molar-refractivity contribution in [2.24, 2.45) is 0 Å². The van der Waals surface area contributed by atoms with E-state index in [-0.39, 0.29) is 17.7 Å². The number of aromatic carboxylic acids is 1. The molecule has 0 spiro atoms. The maximum atomic E-state index is 13.6. The first-order chi connectivity index (χ1) is 12.9. The normalized spacial score (nSPS) is 11.8. The molecule has 0 aromatic heterocycles. The summed E-state index contributed by atoms with van der Waals surface area (Å²) in [5, 5.41) is 9.03. The van der Waals surface area contributed by atoms with E-state index in [1.165, 1.54) is 6.07 Å². The smallest absolute Gasteiger partial charge is 0.335 e. The molecule has 27 heavy (non-hydrogen) atoms. The molecule has 0 aliphatic carbocycles. The van der Waals surface area contributed by atoms with Crippen LogP contribution in [0.2, 0.25) is 0 Å². The van der Waals surface area contributed by atoms with Crippen LogP contribution in [0.5, 0.6) is 0 Å². The van der Waals surface area contributed by atoms with Gasteiger partial charge in [-0.25, -0.2) is 9.18 Å². The summed E-state index contributed by atoms with van der Waals surface area (Å²) in [6, 6.07) is 19.7. The maximum absolute atomic E-state index is 13.6. The molecule has 1 atom stereocenters. The summed E-state index contributed by atoms with van der Waals surface area (Å²) in [6.45, 7) is -0.182. The number of hydrogen-bond donors (Lipinski definition) is 1. The molecule has 0 aliphatic heterocycles. The lowest BCUT2D eigenvalue weighted by molar-refractivity contribution is 0.0696. The predicted molar refractivity (Wildman–Crippen MR) is 100 cm³/mol. The molecule has 5 nitrogen and oxygen atoms in total. The van der Waals surface area contributed by atoms with E-state index < -0.39 is 23.1 Å². The third kappa shape index (κ3) is 4.58. The number of halogens is 1. The van der Waals surface area contributed by atoms with Crippen LogP contribution in [0.4, 0.5) is 10.1 Å². The molecule has 0 radical (unpaired) electrons. The SMILES string of the molecule is O=C(O)c1cc(F)cc(CN(c2ccc(-c3ccccc3)cc2)S(=O)[O-])c1. The van der Waals surface area contributed by atoms with E-state index in [0.717, 1.165) is 27.6 Å². The lowest BCUT2D eigenvalue weighted by Crippen LogP contribution is -2.25. The molecule has 0 bridgehead atoms. The van der Waals surface area contributed by atoms with E-state index in [1.807, 2.05) is 30.3 Å². The van der Waals surface area contributed by atoms with Gasteiger partial charge in [-0.3, -0.25) is 8.51 Å². The lowest BCUT2D eigenvalue weighted by Gasteiger charge is -2.27. The molecular formula is C20H15FNO4S-. The Kier molecular flexibility index (Phi) is 5.63. The van der Waals surface area contributed by atoms with Crippen molar-refractivity contribution < 1.29 is 23.1 Å². The summed E-state index contributed by atoms with van der Waals surface area (Å²) in [5.41, 5.74) is 2.32. The molecule has 3 aromatic rings. The first-order valence-electron chi connectivity index (χ1n) is 7.99. The van der Waals surface area contributed by atoms with Crippen molar-refractivity contribution in [1.82, 2.24) is 0 Å². The Morgan fingerprint density at radius 3 is 2.22 bits per heavy atom. The van der Waals surface area contributed by atoms with Gasteiger partial charge in [0.25, 0.3) is 0 Å². The van der Waals surface area contributed by atoms with Crippen molar-refractivity contribution in [3.63, 3.8) is 0 Å². The van der Waals surface area contributed by atoms with Gasteiger partial charge in [0.15, 0.2) is 0 Å². The molecule has 0 aliphatic rings. The zero-order chi connectivity index (χ0) is 19.4. The third-order valence-corrected chi connectivity index (χ3v) is 4.67. The first kappa shape index (κ1) is 18.8. The Hall–Kier alpha value is -3.03. The van der Waals surface area contributed by atoms with Crippen molar-refractivity contribution in [3.8, 4) is 11.1 Å². The number of carbonyl (C=O) groups is 1. The molecule has 0 fully saturated rings.